The molecule has 0 aliphatic heterocycles. The fourth-order valence-electron chi connectivity index (χ4n) is 3.02. The van der Waals surface area contributed by atoms with Crippen LogP contribution >= 0.6 is 0 Å². The number of oxazole rings is 1. The van der Waals surface area contributed by atoms with Gasteiger partial charge in [-0.3, -0.25) is 24.3 Å². The van der Waals surface area contributed by atoms with Crippen molar-refractivity contribution in [3.63, 3.8) is 0 Å². The second-order valence-corrected chi connectivity index (χ2v) is 6.67. The highest BCUT2D eigenvalue weighted by Crippen LogP contribution is 2.23. The van der Waals surface area contributed by atoms with Gasteiger partial charge in [0.2, 0.25) is 0 Å². The molecular weight excluding hydrogens is 422 g/mol. The number of benzene rings is 2. The topological polar surface area (TPSA) is 143 Å². The standard InChI is InChI=1S/C21H21N3O8/c1-2-30-17-7-4-3-6-15(17)22-19(25)13-31-20(26)8-5-11-23-16-10-9-14(24(28)29)12-18(16)32-21(23)27/h3-4,6-7,9-10,12H,2,5,8,11,13H2,1H3,(H,22,25). The highest BCUT2D eigenvalue weighted by Gasteiger charge is 2.15. The smallest absolute Gasteiger partial charge is 0.419 e. The number of aryl methyl sites for hydroxylation is 1. The summed E-state index contributed by atoms with van der Waals surface area (Å²) in [4.78, 5) is 46.3. The normalized spacial score (nSPS) is 10.7. The average molecular weight is 443 g/mol. The summed E-state index contributed by atoms with van der Waals surface area (Å²) < 4.78 is 16.7. The molecule has 3 rings (SSSR count). The molecule has 11 heteroatoms. The first-order chi connectivity index (χ1) is 15.4. The van der Waals surface area contributed by atoms with Gasteiger partial charge in [0.1, 0.15) is 5.75 Å². The van der Waals surface area contributed by atoms with Crippen molar-refractivity contribution in [3.05, 3.63) is 63.1 Å². The third kappa shape index (κ3) is 5.50. The lowest BCUT2D eigenvalue weighted by molar-refractivity contribution is -0.384. The predicted molar refractivity (Wildman–Crippen MR) is 114 cm³/mol. The van der Waals surface area contributed by atoms with Crippen LogP contribution in [0.2, 0.25) is 0 Å². The van der Waals surface area contributed by atoms with E-state index in [0.717, 1.165) is 0 Å². The first-order valence-corrected chi connectivity index (χ1v) is 9.84. The average Bonchev–Trinajstić information content (AvgIpc) is 3.08. The Hall–Kier alpha value is -4.15. The minimum Gasteiger partial charge on any atom is -0.492 e. The number of ether oxygens (including phenoxy) is 2. The van der Waals surface area contributed by atoms with Gasteiger partial charge in [-0.15, -0.1) is 0 Å². The zero-order valence-electron chi connectivity index (χ0n) is 17.2. The third-order valence-corrected chi connectivity index (χ3v) is 4.45. The number of carbonyl (C=O) groups excluding carboxylic acids is 2. The maximum Gasteiger partial charge on any atom is 0.419 e. The van der Waals surface area contributed by atoms with Gasteiger partial charge in [0.25, 0.3) is 11.6 Å². The molecule has 0 radical (unpaired) electrons. The number of fused-ring (bicyclic) bond motifs is 1. The summed E-state index contributed by atoms with van der Waals surface area (Å²) in [5.74, 6) is -1.28. The van der Waals surface area contributed by atoms with Crippen molar-refractivity contribution >= 4 is 34.4 Å². The van der Waals surface area contributed by atoms with Crippen LogP contribution in [-0.4, -0.2) is 34.6 Å². The van der Waals surface area contributed by atoms with Crippen molar-refractivity contribution in [1.82, 2.24) is 4.57 Å². The van der Waals surface area contributed by atoms with Crippen molar-refractivity contribution in [2.45, 2.75) is 26.3 Å². The Bertz CT molecular complexity index is 1200. The molecule has 0 unspecified atom stereocenters. The molecule has 0 bridgehead atoms. The second-order valence-electron chi connectivity index (χ2n) is 6.67. The number of para-hydroxylation sites is 2. The number of nitro groups is 1. The number of carbonyl (C=O) groups is 2. The number of nitro benzene ring substituents is 1. The molecule has 0 saturated heterocycles. The summed E-state index contributed by atoms with van der Waals surface area (Å²) in [6.07, 6.45) is 0.216. The summed E-state index contributed by atoms with van der Waals surface area (Å²) in [6, 6.07) is 10.8. The highest BCUT2D eigenvalue weighted by atomic mass is 16.6. The Balaban J connectivity index is 1.49. The first kappa shape index (κ1) is 22.5. The molecule has 1 N–H and O–H groups in total. The van der Waals surface area contributed by atoms with Crippen molar-refractivity contribution in [2.75, 3.05) is 18.5 Å². The van der Waals surface area contributed by atoms with Crippen LogP contribution in [0.1, 0.15) is 19.8 Å². The number of hydrogen-bond donors (Lipinski definition) is 1. The molecule has 0 aliphatic carbocycles. The van der Waals surface area contributed by atoms with E-state index in [1.54, 1.807) is 24.3 Å². The van der Waals surface area contributed by atoms with Crippen molar-refractivity contribution < 1.29 is 28.4 Å². The molecule has 1 amide bonds. The highest BCUT2D eigenvalue weighted by molar-refractivity contribution is 5.94. The Labute approximate surface area is 181 Å². The molecular formula is C21H21N3O8. The molecule has 1 aromatic heterocycles. The number of rotatable bonds is 10. The van der Waals surface area contributed by atoms with Crippen LogP contribution in [0.3, 0.4) is 0 Å². The van der Waals surface area contributed by atoms with Crippen LogP contribution in [0.5, 0.6) is 5.75 Å². The van der Waals surface area contributed by atoms with E-state index >= 15 is 0 Å². The zero-order chi connectivity index (χ0) is 23.1. The van der Waals surface area contributed by atoms with Gasteiger partial charge in [-0.25, -0.2) is 4.79 Å². The van der Waals surface area contributed by atoms with Gasteiger partial charge >= 0.3 is 11.7 Å². The van der Waals surface area contributed by atoms with Gasteiger partial charge in [0.05, 0.1) is 28.8 Å². The number of non-ortho nitro benzene ring substituents is 1. The van der Waals surface area contributed by atoms with E-state index in [9.17, 15) is 24.5 Å². The fraction of sp³-hybridized carbons (Fsp3) is 0.286. The molecule has 11 nitrogen and oxygen atoms in total. The summed E-state index contributed by atoms with van der Waals surface area (Å²) in [6.45, 7) is 1.95. The summed E-state index contributed by atoms with van der Waals surface area (Å²) >= 11 is 0. The first-order valence-electron chi connectivity index (χ1n) is 9.84. The van der Waals surface area contributed by atoms with Crippen LogP contribution in [0.25, 0.3) is 11.1 Å². The van der Waals surface area contributed by atoms with E-state index in [0.29, 0.717) is 23.6 Å². The van der Waals surface area contributed by atoms with Gasteiger partial charge in [-0.1, -0.05) is 12.1 Å². The van der Waals surface area contributed by atoms with Crippen molar-refractivity contribution in [3.8, 4) is 5.75 Å². The van der Waals surface area contributed by atoms with Crippen LogP contribution in [0.4, 0.5) is 11.4 Å². The SMILES string of the molecule is CCOc1ccccc1NC(=O)COC(=O)CCCn1c(=O)oc2cc([N+](=O)[O-])ccc21. The second kappa shape index (κ2) is 10.2. The van der Waals surface area contributed by atoms with Gasteiger partial charge in [-0.2, -0.15) is 0 Å². The van der Waals surface area contributed by atoms with E-state index < -0.39 is 29.2 Å². The Morgan fingerprint density at radius 3 is 2.75 bits per heavy atom. The molecule has 0 fully saturated rings. The van der Waals surface area contributed by atoms with Gasteiger partial charge in [0.15, 0.2) is 12.2 Å². The molecule has 168 valence electrons. The van der Waals surface area contributed by atoms with E-state index in [2.05, 4.69) is 5.32 Å². The molecule has 0 aliphatic rings. The van der Waals surface area contributed by atoms with E-state index in [1.807, 2.05) is 6.92 Å². The van der Waals surface area contributed by atoms with Gasteiger partial charge in [0, 0.05) is 19.0 Å². The van der Waals surface area contributed by atoms with Crippen molar-refractivity contribution in [1.29, 1.82) is 0 Å². The maximum absolute atomic E-state index is 12.1. The molecule has 32 heavy (non-hydrogen) atoms. The molecule has 3 aromatic rings. The zero-order valence-corrected chi connectivity index (χ0v) is 17.2. The fourth-order valence-corrected chi connectivity index (χ4v) is 3.02. The predicted octanol–water partition coefficient (Wildman–Crippen LogP) is 2.86. The largest absolute Gasteiger partial charge is 0.492 e. The number of nitrogens with zero attached hydrogens (tertiary/aromatic N) is 2. The van der Waals surface area contributed by atoms with E-state index in [-0.39, 0.29) is 30.7 Å². The number of hydrogen-bond acceptors (Lipinski definition) is 8. The quantitative estimate of drug-likeness (QED) is 0.286. The van der Waals surface area contributed by atoms with Gasteiger partial charge < -0.3 is 19.2 Å². The lowest BCUT2D eigenvalue weighted by atomic mass is 10.2. The van der Waals surface area contributed by atoms with Crippen LogP contribution in [0.15, 0.2) is 51.7 Å². The summed E-state index contributed by atoms with van der Waals surface area (Å²) in [5.41, 5.74) is 0.767. The Morgan fingerprint density at radius 2 is 2.00 bits per heavy atom. The molecule has 2 aromatic carbocycles. The lowest BCUT2D eigenvalue weighted by Crippen LogP contribution is -2.21. The van der Waals surface area contributed by atoms with Crippen LogP contribution in [-0.2, 0) is 20.9 Å². The van der Waals surface area contributed by atoms with E-state index in [1.165, 1.54) is 22.8 Å². The number of amides is 1. The monoisotopic (exact) mass is 443 g/mol. The number of anilines is 1. The number of aromatic nitrogens is 1. The minimum atomic E-state index is -0.679. The van der Waals surface area contributed by atoms with Crippen molar-refractivity contribution in [2.24, 2.45) is 0 Å². The van der Waals surface area contributed by atoms with Gasteiger partial charge in [-0.05, 0) is 31.5 Å². The molecule has 0 spiro atoms. The Kier molecular flexibility index (Phi) is 7.21. The third-order valence-electron chi connectivity index (χ3n) is 4.45. The molecule has 0 saturated carbocycles. The minimum absolute atomic E-state index is 0.0328. The Morgan fingerprint density at radius 1 is 1.22 bits per heavy atom. The van der Waals surface area contributed by atoms with Crippen LogP contribution in [0, 0.1) is 10.1 Å². The summed E-state index contributed by atoms with van der Waals surface area (Å²) in [7, 11) is 0. The molecule has 1 heterocycles. The molecule has 0 atom stereocenters. The lowest BCUT2D eigenvalue weighted by Gasteiger charge is -2.11. The van der Waals surface area contributed by atoms with E-state index in [4.69, 9.17) is 13.9 Å². The number of esters is 1. The number of nitrogens with one attached hydrogen (secondary N) is 1. The summed E-state index contributed by atoms with van der Waals surface area (Å²) in [5, 5.41) is 13.5. The maximum atomic E-state index is 12.1. The van der Waals surface area contributed by atoms with Crippen LogP contribution < -0.4 is 15.8 Å².